The first-order valence-electron chi connectivity index (χ1n) is 7.78. The predicted octanol–water partition coefficient (Wildman–Crippen LogP) is 2.17. The van der Waals surface area contributed by atoms with E-state index in [2.05, 4.69) is 34.6 Å². The average Bonchev–Trinajstić information content (AvgIpc) is 3.03. The van der Waals surface area contributed by atoms with Crippen molar-refractivity contribution < 1.29 is 0 Å². The minimum atomic E-state index is 0.730. The molecule has 0 spiro atoms. The number of aromatic nitrogens is 2. The number of nitrogens with zero attached hydrogens (tertiary/aromatic N) is 3. The van der Waals surface area contributed by atoms with Crippen molar-refractivity contribution in [1.82, 2.24) is 14.7 Å². The van der Waals surface area contributed by atoms with Crippen LogP contribution >= 0.6 is 0 Å². The number of nitrogens with two attached hydrogens (primary N) is 1. The SMILES string of the molecule is CCc1cc(CN2CCCC2CCCN)n(CC)n1. The lowest BCUT2D eigenvalue weighted by Gasteiger charge is -2.24. The van der Waals surface area contributed by atoms with Gasteiger partial charge >= 0.3 is 0 Å². The molecule has 0 amide bonds. The summed E-state index contributed by atoms with van der Waals surface area (Å²) in [5.74, 6) is 0. The normalized spacial score (nSPS) is 20.3. The van der Waals surface area contributed by atoms with Crippen molar-refractivity contribution in [3.05, 3.63) is 17.5 Å². The molecule has 2 rings (SSSR count). The second-order valence-electron chi connectivity index (χ2n) is 5.49. The molecule has 108 valence electrons. The molecule has 0 aromatic carbocycles. The molecule has 1 aromatic heterocycles. The topological polar surface area (TPSA) is 47.1 Å². The number of aryl methyl sites for hydroxylation is 2. The Morgan fingerprint density at radius 3 is 2.95 bits per heavy atom. The van der Waals surface area contributed by atoms with Crippen LogP contribution in [-0.4, -0.2) is 33.8 Å². The highest BCUT2D eigenvalue weighted by molar-refractivity contribution is 5.11. The van der Waals surface area contributed by atoms with Crippen LogP contribution in [0, 0.1) is 0 Å². The largest absolute Gasteiger partial charge is 0.330 e. The lowest BCUT2D eigenvalue weighted by Crippen LogP contribution is -2.30. The Labute approximate surface area is 117 Å². The van der Waals surface area contributed by atoms with E-state index in [9.17, 15) is 0 Å². The van der Waals surface area contributed by atoms with E-state index in [-0.39, 0.29) is 0 Å². The fraction of sp³-hybridized carbons (Fsp3) is 0.800. The first kappa shape index (κ1) is 14.5. The molecule has 1 aliphatic heterocycles. The summed E-state index contributed by atoms with van der Waals surface area (Å²) in [6.07, 6.45) is 6.08. The molecule has 1 unspecified atom stereocenters. The van der Waals surface area contributed by atoms with Crippen LogP contribution in [0.4, 0.5) is 0 Å². The second-order valence-corrected chi connectivity index (χ2v) is 5.49. The molecule has 4 nitrogen and oxygen atoms in total. The summed E-state index contributed by atoms with van der Waals surface area (Å²) in [4.78, 5) is 2.62. The maximum absolute atomic E-state index is 5.64. The third-order valence-electron chi connectivity index (χ3n) is 4.18. The Balaban J connectivity index is 2.00. The molecule has 0 saturated carbocycles. The van der Waals surface area contributed by atoms with E-state index in [1.54, 1.807) is 0 Å². The minimum absolute atomic E-state index is 0.730. The third kappa shape index (κ3) is 3.57. The van der Waals surface area contributed by atoms with E-state index in [1.807, 2.05) is 0 Å². The highest BCUT2D eigenvalue weighted by Crippen LogP contribution is 2.23. The number of rotatable bonds is 7. The molecular formula is C15H28N4. The smallest absolute Gasteiger partial charge is 0.0625 e. The van der Waals surface area contributed by atoms with Crippen LogP contribution in [0.15, 0.2) is 6.07 Å². The molecule has 1 aliphatic rings. The lowest BCUT2D eigenvalue weighted by molar-refractivity contribution is 0.226. The van der Waals surface area contributed by atoms with E-state index < -0.39 is 0 Å². The molecular weight excluding hydrogens is 236 g/mol. The Hall–Kier alpha value is -0.870. The highest BCUT2D eigenvalue weighted by atomic mass is 15.3. The predicted molar refractivity (Wildman–Crippen MR) is 79.0 cm³/mol. The van der Waals surface area contributed by atoms with Crippen LogP contribution < -0.4 is 5.73 Å². The van der Waals surface area contributed by atoms with Crippen molar-refractivity contribution in [2.24, 2.45) is 5.73 Å². The van der Waals surface area contributed by atoms with Crippen molar-refractivity contribution in [3.63, 3.8) is 0 Å². The van der Waals surface area contributed by atoms with Gasteiger partial charge in [-0.05, 0) is 58.2 Å². The second kappa shape index (κ2) is 7.06. The minimum Gasteiger partial charge on any atom is -0.330 e. The molecule has 2 N–H and O–H groups in total. The van der Waals surface area contributed by atoms with Crippen LogP contribution in [-0.2, 0) is 19.5 Å². The van der Waals surface area contributed by atoms with Gasteiger partial charge in [-0.15, -0.1) is 0 Å². The molecule has 0 radical (unpaired) electrons. The summed E-state index contributed by atoms with van der Waals surface area (Å²) in [7, 11) is 0. The van der Waals surface area contributed by atoms with Gasteiger partial charge in [-0.2, -0.15) is 5.10 Å². The number of likely N-dealkylation sites (tertiary alicyclic amines) is 1. The molecule has 1 aromatic rings. The molecule has 4 heteroatoms. The Morgan fingerprint density at radius 1 is 1.42 bits per heavy atom. The van der Waals surface area contributed by atoms with E-state index in [4.69, 9.17) is 5.73 Å². The zero-order valence-corrected chi connectivity index (χ0v) is 12.4. The van der Waals surface area contributed by atoms with Crippen molar-refractivity contribution in [1.29, 1.82) is 0 Å². The van der Waals surface area contributed by atoms with Crippen LogP contribution in [0.5, 0.6) is 0 Å². The van der Waals surface area contributed by atoms with Gasteiger partial charge in [0.1, 0.15) is 0 Å². The van der Waals surface area contributed by atoms with Gasteiger partial charge in [0.2, 0.25) is 0 Å². The summed E-state index contributed by atoms with van der Waals surface area (Å²) in [5, 5.41) is 4.65. The van der Waals surface area contributed by atoms with Crippen molar-refractivity contribution in [2.45, 2.75) is 65.1 Å². The van der Waals surface area contributed by atoms with Crippen molar-refractivity contribution in [2.75, 3.05) is 13.1 Å². The van der Waals surface area contributed by atoms with Gasteiger partial charge < -0.3 is 5.73 Å². The van der Waals surface area contributed by atoms with E-state index >= 15 is 0 Å². The van der Waals surface area contributed by atoms with Gasteiger partial charge in [0.05, 0.1) is 11.4 Å². The molecule has 2 heterocycles. The van der Waals surface area contributed by atoms with Gasteiger partial charge in [0.15, 0.2) is 0 Å². The summed E-state index contributed by atoms with van der Waals surface area (Å²) in [5.41, 5.74) is 8.23. The van der Waals surface area contributed by atoms with Crippen molar-refractivity contribution in [3.8, 4) is 0 Å². The number of hydrogen-bond donors (Lipinski definition) is 1. The first-order valence-corrected chi connectivity index (χ1v) is 7.78. The molecule has 0 aliphatic carbocycles. The molecule has 0 bridgehead atoms. The maximum Gasteiger partial charge on any atom is 0.0625 e. The van der Waals surface area contributed by atoms with Crippen LogP contribution in [0.1, 0.15) is 50.9 Å². The monoisotopic (exact) mass is 264 g/mol. The van der Waals surface area contributed by atoms with Crippen LogP contribution in [0.3, 0.4) is 0 Å². The zero-order chi connectivity index (χ0) is 13.7. The maximum atomic E-state index is 5.64. The number of hydrogen-bond acceptors (Lipinski definition) is 3. The van der Waals surface area contributed by atoms with Crippen molar-refractivity contribution >= 4 is 0 Å². The Bertz CT molecular complexity index is 385. The van der Waals surface area contributed by atoms with Gasteiger partial charge in [0.25, 0.3) is 0 Å². The molecule has 1 saturated heterocycles. The first-order chi connectivity index (χ1) is 9.28. The summed E-state index contributed by atoms with van der Waals surface area (Å²) >= 11 is 0. The van der Waals surface area contributed by atoms with Crippen LogP contribution in [0.2, 0.25) is 0 Å². The van der Waals surface area contributed by atoms with Crippen LogP contribution in [0.25, 0.3) is 0 Å². The fourth-order valence-electron chi connectivity index (χ4n) is 3.08. The van der Waals surface area contributed by atoms with E-state index in [0.717, 1.165) is 38.5 Å². The van der Waals surface area contributed by atoms with Gasteiger partial charge in [-0.3, -0.25) is 9.58 Å². The summed E-state index contributed by atoms with van der Waals surface area (Å²) in [6, 6.07) is 3.01. The van der Waals surface area contributed by atoms with E-state index in [0.29, 0.717) is 0 Å². The fourth-order valence-corrected chi connectivity index (χ4v) is 3.08. The quantitative estimate of drug-likeness (QED) is 0.821. The molecule has 1 fully saturated rings. The molecule has 1 atom stereocenters. The Kier molecular flexibility index (Phi) is 5.40. The zero-order valence-electron chi connectivity index (χ0n) is 12.4. The van der Waals surface area contributed by atoms with Gasteiger partial charge in [-0.1, -0.05) is 6.92 Å². The summed E-state index contributed by atoms with van der Waals surface area (Å²) in [6.45, 7) is 8.41. The lowest BCUT2D eigenvalue weighted by atomic mass is 10.1. The van der Waals surface area contributed by atoms with E-state index in [1.165, 1.54) is 37.2 Å². The van der Waals surface area contributed by atoms with Gasteiger partial charge in [-0.25, -0.2) is 0 Å². The Morgan fingerprint density at radius 2 is 2.26 bits per heavy atom. The summed E-state index contributed by atoms with van der Waals surface area (Å²) < 4.78 is 2.16. The highest BCUT2D eigenvalue weighted by Gasteiger charge is 2.24. The standard InChI is InChI=1S/C15H28N4/c1-3-13-11-15(19(4-2)17-13)12-18-10-6-8-14(18)7-5-9-16/h11,14H,3-10,12,16H2,1-2H3. The van der Waals surface area contributed by atoms with Gasteiger partial charge in [0, 0.05) is 19.1 Å². The molecule has 19 heavy (non-hydrogen) atoms. The average molecular weight is 264 g/mol. The third-order valence-corrected chi connectivity index (χ3v) is 4.18.